The Bertz CT molecular complexity index is 1120. The van der Waals surface area contributed by atoms with Gasteiger partial charge in [-0.2, -0.15) is 5.26 Å². The fraction of sp³-hybridized carbons (Fsp3) is 0.364. The molecule has 3 aromatic rings. The molecule has 0 radical (unpaired) electrons. The molecule has 160 valence electrons. The van der Waals surface area contributed by atoms with Crippen LogP contribution in [0.15, 0.2) is 35.5 Å². The first kappa shape index (κ1) is 21.4. The second-order valence-corrected chi connectivity index (χ2v) is 9.65. The summed E-state index contributed by atoms with van der Waals surface area (Å²) in [5.41, 5.74) is 8.99. The number of nitriles is 1. The van der Waals surface area contributed by atoms with Crippen molar-refractivity contribution in [3.63, 3.8) is 0 Å². The van der Waals surface area contributed by atoms with Crippen molar-refractivity contribution in [1.29, 1.82) is 5.26 Å². The molecule has 1 amide bonds. The molecule has 4 rings (SSSR count). The number of aromatic nitrogens is 3. The van der Waals surface area contributed by atoms with Gasteiger partial charge in [0.25, 0.3) is 0 Å². The standard InChI is InChI=1S/C22H24N6OS2/c1-14(19(29)25-20-17(13-23)16-9-5-6-10-18(16)31-20)28-21(24)26-27-22(28)30-12-11-15-7-3-2-4-8-15/h2-4,7-8,14H,5-6,9-12H2,1H3,(H2,24,26)(H,25,29). The maximum atomic E-state index is 13.0. The molecule has 9 heteroatoms. The number of thioether (sulfide) groups is 1. The molecule has 1 aromatic carbocycles. The number of nitrogens with one attached hydrogen (secondary N) is 1. The minimum atomic E-state index is -0.597. The van der Waals surface area contributed by atoms with Gasteiger partial charge >= 0.3 is 0 Å². The third-order valence-electron chi connectivity index (χ3n) is 5.44. The summed E-state index contributed by atoms with van der Waals surface area (Å²) in [6.45, 7) is 1.77. The summed E-state index contributed by atoms with van der Waals surface area (Å²) in [6.07, 6.45) is 4.97. The van der Waals surface area contributed by atoms with Crippen LogP contribution in [0.25, 0.3) is 0 Å². The molecule has 1 aliphatic rings. The smallest absolute Gasteiger partial charge is 0.248 e. The zero-order valence-electron chi connectivity index (χ0n) is 17.3. The first-order chi connectivity index (χ1) is 15.1. The lowest BCUT2D eigenvalue weighted by atomic mass is 9.96. The van der Waals surface area contributed by atoms with E-state index in [0.717, 1.165) is 43.4 Å². The van der Waals surface area contributed by atoms with E-state index in [4.69, 9.17) is 5.73 Å². The van der Waals surface area contributed by atoms with Crippen LogP contribution in [0.5, 0.6) is 0 Å². The van der Waals surface area contributed by atoms with Gasteiger partial charge in [0.05, 0.1) is 5.56 Å². The summed E-state index contributed by atoms with van der Waals surface area (Å²) in [4.78, 5) is 14.3. The molecule has 1 unspecified atom stereocenters. The number of thiophene rings is 1. The topological polar surface area (TPSA) is 110 Å². The van der Waals surface area contributed by atoms with Gasteiger partial charge in [-0.3, -0.25) is 9.36 Å². The fourth-order valence-electron chi connectivity index (χ4n) is 3.76. The minimum Gasteiger partial charge on any atom is -0.368 e. The molecule has 0 fully saturated rings. The Kier molecular flexibility index (Phi) is 6.59. The molecular formula is C22H24N6OS2. The zero-order valence-corrected chi connectivity index (χ0v) is 18.9. The number of amides is 1. The number of aryl methyl sites for hydroxylation is 2. The number of carbonyl (C=O) groups is 1. The van der Waals surface area contributed by atoms with Crippen molar-refractivity contribution in [2.24, 2.45) is 0 Å². The Morgan fingerprint density at radius 2 is 2.10 bits per heavy atom. The number of nitrogens with two attached hydrogens (primary N) is 1. The molecule has 0 saturated carbocycles. The number of nitrogens with zero attached hydrogens (tertiary/aromatic N) is 4. The van der Waals surface area contributed by atoms with Gasteiger partial charge in [0, 0.05) is 10.6 Å². The number of carbonyl (C=O) groups excluding carboxylic acids is 1. The van der Waals surface area contributed by atoms with E-state index in [9.17, 15) is 10.1 Å². The molecule has 7 nitrogen and oxygen atoms in total. The van der Waals surface area contributed by atoms with Crippen LogP contribution in [0.1, 0.15) is 47.4 Å². The molecule has 1 atom stereocenters. The van der Waals surface area contributed by atoms with E-state index in [2.05, 4.69) is 33.7 Å². The molecule has 0 aliphatic heterocycles. The highest BCUT2D eigenvalue weighted by atomic mass is 32.2. The Hall–Kier alpha value is -2.83. The van der Waals surface area contributed by atoms with Crippen molar-refractivity contribution in [3.05, 3.63) is 51.9 Å². The first-order valence-corrected chi connectivity index (χ1v) is 12.1. The van der Waals surface area contributed by atoms with E-state index in [0.29, 0.717) is 15.7 Å². The van der Waals surface area contributed by atoms with Gasteiger partial charge in [0.15, 0.2) is 5.16 Å². The van der Waals surface area contributed by atoms with Crippen LogP contribution in [-0.2, 0) is 24.1 Å². The molecule has 0 bridgehead atoms. The number of fused-ring (bicyclic) bond motifs is 1. The summed E-state index contributed by atoms with van der Waals surface area (Å²) in [7, 11) is 0. The van der Waals surface area contributed by atoms with E-state index < -0.39 is 6.04 Å². The fourth-order valence-corrected chi connectivity index (χ4v) is 6.01. The van der Waals surface area contributed by atoms with Crippen molar-refractivity contribution in [2.45, 2.75) is 50.2 Å². The van der Waals surface area contributed by atoms with Gasteiger partial charge in [-0.15, -0.1) is 21.5 Å². The third kappa shape index (κ3) is 4.60. The number of hydrogen-bond acceptors (Lipinski definition) is 7. The number of hydrogen-bond donors (Lipinski definition) is 2. The summed E-state index contributed by atoms with van der Waals surface area (Å²) >= 11 is 3.04. The van der Waals surface area contributed by atoms with Crippen LogP contribution in [0.4, 0.5) is 10.9 Å². The van der Waals surface area contributed by atoms with E-state index in [-0.39, 0.29) is 11.9 Å². The van der Waals surface area contributed by atoms with Crippen LogP contribution in [0.3, 0.4) is 0 Å². The normalized spacial score (nSPS) is 13.9. The average molecular weight is 453 g/mol. The van der Waals surface area contributed by atoms with Crippen LogP contribution < -0.4 is 11.1 Å². The highest BCUT2D eigenvalue weighted by Gasteiger charge is 2.26. The van der Waals surface area contributed by atoms with Gasteiger partial charge in [0.2, 0.25) is 11.9 Å². The lowest BCUT2D eigenvalue weighted by Gasteiger charge is -2.16. The predicted octanol–water partition coefficient (Wildman–Crippen LogP) is 4.21. The largest absolute Gasteiger partial charge is 0.368 e. The molecule has 0 spiro atoms. The van der Waals surface area contributed by atoms with Crippen molar-refractivity contribution < 1.29 is 4.79 Å². The Balaban J connectivity index is 1.46. The van der Waals surface area contributed by atoms with Crippen molar-refractivity contribution >= 4 is 40.0 Å². The Morgan fingerprint density at radius 1 is 1.32 bits per heavy atom. The van der Waals surface area contributed by atoms with Crippen LogP contribution in [0, 0.1) is 11.3 Å². The van der Waals surface area contributed by atoms with Gasteiger partial charge in [-0.1, -0.05) is 42.1 Å². The van der Waals surface area contributed by atoms with Gasteiger partial charge < -0.3 is 11.1 Å². The average Bonchev–Trinajstić information content (AvgIpc) is 3.33. The minimum absolute atomic E-state index is 0.204. The molecule has 0 saturated heterocycles. The molecular weight excluding hydrogens is 428 g/mol. The van der Waals surface area contributed by atoms with E-state index in [1.165, 1.54) is 33.5 Å². The zero-order chi connectivity index (χ0) is 21.8. The predicted molar refractivity (Wildman–Crippen MR) is 124 cm³/mol. The number of rotatable bonds is 7. The molecule has 31 heavy (non-hydrogen) atoms. The molecule has 2 aromatic heterocycles. The van der Waals surface area contributed by atoms with Gasteiger partial charge in [0.1, 0.15) is 17.1 Å². The van der Waals surface area contributed by atoms with Crippen molar-refractivity contribution in [1.82, 2.24) is 14.8 Å². The molecule has 3 N–H and O–H groups in total. The molecule has 1 aliphatic carbocycles. The van der Waals surface area contributed by atoms with Crippen molar-refractivity contribution in [2.75, 3.05) is 16.8 Å². The van der Waals surface area contributed by atoms with Gasteiger partial charge in [-0.25, -0.2) is 0 Å². The highest BCUT2D eigenvalue weighted by molar-refractivity contribution is 7.99. The monoisotopic (exact) mass is 452 g/mol. The Morgan fingerprint density at radius 3 is 2.87 bits per heavy atom. The SMILES string of the molecule is CC(C(=O)Nc1sc2c(c1C#N)CCCC2)n1c(N)nnc1SCCc1ccccc1. The molecule has 2 heterocycles. The number of nitrogen functional groups attached to an aromatic ring is 1. The van der Waals surface area contributed by atoms with Crippen LogP contribution in [0.2, 0.25) is 0 Å². The summed E-state index contributed by atoms with van der Waals surface area (Å²) < 4.78 is 1.66. The third-order valence-corrected chi connectivity index (χ3v) is 7.59. The quantitative estimate of drug-likeness (QED) is 0.520. The second kappa shape index (κ2) is 9.54. The maximum absolute atomic E-state index is 13.0. The van der Waals surface area contributed by atoms with E-state index >= 15 is 0 Å². The van der Waals surface area contributed by atoms with E-state index in [1.807, 2.05) is 18.2 Å². The van der Waals surface area contributed by atoms with Gasteiger partial charge in [-0.05, 0) is 50.2 Å². The highest BCUT2D eigenvalue weighted by Crippen LogP contribution is 2.38. The summed E-state index contributed by atoms with van der Waals surface area (Å²) in [5, 5.41) is 22.0. The van der Waals surface area contributed by atoms with E-state index in [1.54, 1.807) is 11.5 Å². The van der Waals surface area contributed by atoms with Crippen molar-refractivity contribution in [3.8, 4) is 6.07 Å². The Labute approximate surface area is 189 Å². The maximum Gasteiger partial charge on any atom is 0.248 e. The lowest BCUT2D eigenvalue weighted by Crippen LogP contribution is -2.25. The lowest BCUT2D eigenvalue weighted by molar-refractivity contribution is -0.118. The summed E-state index contributed by atoms with van der Waals surface area (Å²) in [6, 6.07) is 11.9. The summed E-state index contributed by atoms with van der Waals surface area (Å²) in [5.74, 6) is 0.773. The van der Waals surface area contributed by atoms with Crippen LogP contribution in [-0.4, -0.2) is 26.4 Å². The first-order valence-electron chi connectivity index (χ1n) is 10.3. The van der Waals surface area contributed by atoms with Crippen LogP contribution >= 0.6 is 23.1 Å². The number of anilines is 2. The number of benzene rings is 1. The second-order valence-electron chi connectivity index (χ2n) is 7.49.